The Kier molecular flexibility index (Phi) is 3.81. The normalized spacial score (nSPS) is 21.9. The Labute approximate surface area is 134 Å². The fourth-order valence-corrected chi connectivity index (χ4v) is 3.30. The van der Waals surface area contributed by atoms with Crippen molar-refractivity contribution in [3.63, 3.8) is 0 Å². The van der Waals surface area contributed by atoms with Crippen LogP contribution in [0, 0.1) is 5.92 Å². The molecule has 2 aromatic rings. The summed E-state index contributed by atoms with van der Waals surface area (Å²) in [5.74, 6) is 1.84. The van der Waals surface area contributed by atoms with Gasteiger partial charge in [-0.3, -0.25) is 9.78 Å². The number of hydrogen-bond donors (Lipinski definition) is 0. The largest absolute Gasteiger partial charge is 0.420 e. The van der Waals surface area contributed by atoms with Gasteiger partial charge in [0, 0.05) is 31.4 Å². The molecule has 1 amide bonds. The molecule has 1 atom stereocenters. The lowest BCUT2D eigenvalue weighted by Gasteiger charge is -2.36. The molecular formula is C17H20N4O2. The van der Waals surface area contributed by atoms with E-state index in [0.29, 0.717) is 24.2 Å². The molecule has 3 heterocycles. The molecule has 2 fully saturated rings. The van der Waals surface area contributed by atoms with E-state index in [1.807, 2.05) is 17.0 Å². The van der Waals surface area contributed by atoms with Crippen LogP contribution < -0.4 is 0 Å². The van der Waals surface area contributed by atoms with Crippen molar-refractivity contribution < 1.29 is 9.21 Å². The SMILES string of the molecule is O=C(C1CCC1)N1CCCC(c2nnc(-c3cccnc3)o2)C1. The van der Waals surface area contributed by atoms with Gasteiger partial charge in [0.1, 0.15) is 0 Å². The number of rotatable bonds is 3. The van der Waals surface area contributed by atoms with Gasteiger partial charge >= 0.3 is 0 Å². The number of hydrogen-bond acceptors (Lipinski definition) is 5. The van der Waals surface area contributed by atoms with Crippen LogP contribution in [-0.4, -0.2) is 39.1 Å². The van der Waals surface area contributed by atoms with E-state index in [-0.39, 0.29) is 11.8 Å². The van der Waals surface area contributed by atoms with Gasteiger partial charge in [0.25, 0.3) is 0 Å². The summed E-state index contributed by atoms with van der Waals surface area (Å²) in [6, 6.07) is 3.75. The molecule has 1 aliphatic heterocycles. The zero-order chi connectivity index (χ0) is 15.6. The molecule has 2 aliphatic rings. The van der Waals surface area contributed by atoms with Crippen LogP contribution in [0.4, 0.5) is 0 Å². The summed E-state index contributed by atoms with van der Waals surface area (Å²) in [7, 11) is 0. The van der Waals surface area contributed by atoms with Crippen LogP contribution >= 0.6 is 0 Å². The molecule has 1 aliphatic carbocycles. The lowest BCUT2D eigenvalue weighted by molar-refractivity contribution is -0.139. The van der Waals surface area contributed by atoms with Crippen LogP contribution in [0.15, 0.2) is 28.9 Å². The number of nitrogens with zero attached hydrogens (tertiary/aromatic N) is 4. The van der Waals surface area contributed by atoms with Gasteiger partial charge in [0.15, 0.2) is 0 Å². The number of carbonyl (C=O) groups excluding carboxylic acids is 1. The van der Waals surface area contributed by atoms with Gasteiger partial charge in [-0.1, -0.05) is 6.42 Å². The Morgan fingerprint density at radius 3 is 2.87 bits per heavy atom. The molecule has 1 saturated carbocycles. The van der Waals surface area contributed by atoms with Crippen LogP contribution in [-0.2, 0) is 4.79 Å². The molecule has 120 valence electrons. The maximum Gasteiger partial charge on any atom is 0.249 e. The van der Waals surface area contributed by atoms with Crippen LogP contribution in [0.1, 0.15) is 43.9 Å². The van der Waals surface area contributed by atoms with Crippen LogP contribution in [0.5, 0.6) is 0 Å². The Hall–Kier alpha value is -2.24. The minimum absolute atomic E-state index is 0.144. The summed E-state index contributed by atoms with van der Waals surface area (Å²) in [6.45, 7) is 1.55. The van der Waals surface area contributed by atoms with Gasteiger partial charge in [-0.2, -0.15) is 0 Å². The van der Waals surface area contributed by atoms with Gasteiger partial charge in [0.2, 0.25) is 17.7 Å². The average Bonchev–Trinajstić information content (AvgIpc) is 3.04. The molecule has 6 nitrogen and oxygen atoms in total. The smallest absolute Gasteiger partial charge is 0.249 e. The lowest BCUT2D eigenvalue weighted by Crippen LogP contribution is -2.44. The first-order valence-electron chi connectivity index (χ1n) is 8.34. The van der Waals surface area contributed by atoms with Crippen molar-refractivity contribution in [3.05, 3.63) is 30.4 Å². The maximum absolute atomic E-state index is 12.4. The zero-order valence-electron chi connectivity index (χ0n) is 13.0. The first-order valence-corrected chi connectivity index (χ1v) is 8.34. The topological polar surface area (TPSA) is 72.1 Å². The molecule has 23 heavy (non-hydrogen) atoms. The fourth-order valence-electron chi connectivity index (χ4n) is 3.30. The van der Waals surface area contributed by atoms with E-state index >= 15 is 0 Å². The minimum Gasteiger partial charge on any atom is -0.420 e. The molecule has 0 radical (unpaired) electrons. The van der Waals surface area contributed by atoms with E-state index in [9.17, 15) is 4.79 Å². The van der Waals surface area contributed by atoms with Crippen molar-refractivity contribution >= 4 is 5.91 Å². The molecule has 1 saturated heterocycles. The number of carbonyl (C=O) groups is 1. The van der Waals surface area contributed by atoms with Gasteiger partial charge in [-0.15, -0.1) is 10.2 Å². The van der Waals surface area contributed by atoms with Gasteiger partial charge < -0.3 is 9.32 Å². The summed E-state index contributed by atoms with van der Waals surface area (Å²) < 4.78 is 5.84. The summed E-state index contributed by atoms with van der Waals surface area (Å²) in [4.78, 5) is 18.5. The second kappa shape index (κ2) is 6.10. The van der Waals surface area contributed by atoms with Gasteiger partial charge in [-0.25, -0.2) is 0 Å². The number of aromatic nitrogens is 3. The van der Waals surface area contributed by atoms with Gasteiger partial charge in [0.05, 0.1) is 11.5 Å². The second-order valence-electron chi connectivity index (χ2n) is 6.44. The molecule has 0 N–H and O–H groups in total. The highest BCUT2D eigenvalue weighted by atomic mass is 16.4. The summed E-state index contributed by atoms with van der Waals surface area (Å²) >= 11 is 0. The van der Waals surface area contributed by atoms with Crippen molar-refractivity contribution in [2.45, 2.75) is 38.0 Å². The van der Waals surface area contributed by atoms with Crippen molar-refractivity contribution in [1.29, 1.82) is 0 Å². The van der Waals surface area contributed by atoms with Crippen LogP contribution in [0.3, 0.4) is 0 Å². The maximum atomic E-state index is 12.4. The summed E-state index contributed by atoms with van der Waals surface area (Å²) in [5.41, 5.74) is 0.824. The Bertz CT molecular complexity index is 681. The van der Waals surface area contributed by atoms with Crippen molar-refractivity contribution in [3.8, 4) is 11.5 Å². The Morgan fingerprint density at radius 1 is 1.22 bits per heavy atom. The van der Waals surface area contributed by atoms with Crippen LogP contribution in [0.2, 0.25) is 0 Å². The number of piperidine rings is 1. The summed E-state index contributed by atoms with van der Waals surface area (Å²) in [6.07, 6.45) is 8.69. The number of pyridine rings is 1. The van der Waals surface area contributed by atoms with Crippen LogP contribution in [0.25, 0.3) is 11.5 Å². The van der Waals surface area contributed by atoms with Crippen molar-refractivity contribution in [1.82, 2.24) is 20.1 Å². The van der Waals surface area contributed by atoms with Gasteiger partial charge in [-0.05, 0) is 37.8 Å². The first kappa shape index (κ1) is 14.4. The third kappa shape index (κ3) is 2.85. The highest BCUT2D eigenvalue weighted by molar-refractivity contribution is 5.79. The monoisotopic (exact) mass is 312 g/mol. The predicted molar refractivity (Wildman–Crippen MR) is 83.4 cm³/mol. The van der Waals surface area contributed by atoms with E-state index in [4.69, 9.17) is 4.42 Å². The number of amides is 1. The first-order chi connectivity index (χ1) is 11.3. The lowest BCUT2D eigenvalue weighted by atomic mass is 9.83. The van der Waals surface area contributed by atoms with E-state index in [1.54, 1.807) is 12.4 Å². The fraction of sp³-hybridized carbons (Fsp3) is 0.529. The molecule has 1 unspecified atom stereocenters. The summed E-state index contributed by atoms with van der Waals surface area (Å²) in [5, 5.41) is 8.34. The predicted octanol–water partition coefficient (Wildman–Crippen LogP) is 2.64. The van der Waals surface area contributed by atoms with E-state index in [0.717, 1.165) is 37.8 Å². The van der Waals surface area contributed by atoms with E-state index < -0.39 is 0 Å². The molecule has 0 spiro atoms. The average molecular weight is 312 g/mol. The van der Waals surface area contributed by atoms with E-state index in [1.165, 1.54) is 6.42 Å². The minimum atomic E-state index is 0.144. The Morgan fingerprint density at radius 2 is 2.13 bits per heavy atom. The molecule has 2 aromatic heterocycles. The van der Waals surface area contributed by atoms with Crippen molar-refractivity contribution in [2.24, 2.45) is 5.92 Å². The quantitative estimate of drug-likeness (QED) is 0.871. The van der Waals surface area contributed by atoms with E-state index in [2.05, 4.69) is 15.2 Å². The molecule has 6 heteroatoms. The standard InChI is InChI=1S/C17H20N4O2/c22-17(12-4-1-5-12)21-9-3-7-14(11-21)16-20-19-15(23-16)13-6-2-8-18-10-13/h2,6,8,10,12,14H,1,3-5,7,9,11H2. The Balaban J connectivity index is 1.47. The third-order valence-corrected chi connectivity index (χ3v) is 4.89. The highest BCUT2D eigenvalue weighted by Crippen LogP contribution is 2.32. The molecule has 0 aromatic carbocycles. The molecular weight excluding hydrogens is 292 g/mol. The molecule has 4 rings (SSSR count). The van der Waals surface area contributed by atoms with Crippen molar-refractivity contribution in [2.75, 3.05) is 13.1 Å². The molecule has 0 bridgehead atoms. The second-order valence-corrected chi connectivity index (χ2v) is 6.44. The highest BCUT2D eigenvalue weighted by Gasteiger charge is 2.34. The zero-order valence-corrected chi connectivity index (χ0v) is 13.0. The third-order valence-electron chi connectivity index (χ3n) is 4.89. The number of likely N-dealkylation sites (tertiary alicyclic amines) is 1.